The SMILES string of the molecule is CNCC(=O)Nn1cccc1. The van der Waals surface area contributed by atoms with Crippen molar-refractivity contribution in [2.24, 2.45) is 0 Å². The molecule has 0 aliphatic heterocycles. The molecule has 0 fully saturated rings. The van der Waals surface area contributed by atoms with Gasteiger partial charge in [-0.05, 0) is 19.2 Å². The van der Waals surface area contributed by atoms with Crippen LogP contribution in [-0.2, 0) is 4.79 Å². The van der Waals surface area contributed by atoms with Gasteiger partial charge in [0.1, 0.15) is 0 Å². The van der Waals surface area contributed by atoms with Gasteiger partial charge in [0.05, 0.1) is 6.54 Å². The zero-order chi connectivity index (χ0) is 8.10. The first kappa shape index (κ1) is 7.81. The maximum absolute atomic E-state index is 10.9. The second-order valence-corrected chi connectivity index (χ2v) is 2.16. The van der Waals surface area contributed by atoms with Crippen LogP contribution in [-0.4, -0.2) is 24.2 Å². The van der Waals surface area contributed by atoms with Gasteiger partial charge in [-0.15, -0.1) is 0 Å². The summed E-state index contributed by atoms with van der Waals surface area (Å²) in [6, 6.07) is 3.69. The zero-order valence-corrected chi connectivity index (χ0v) is 6.37. The highest BCUT2D eigenvalue weighted by molar-refractivity contribution is 5.85. The van der Waals surface area contributed by atoms with Crippen molar-refractivity contribution < 1.29 is 4.79 Å². The molecule has 11 heavy (non-hydrogen) atoms. The summed E-state index contributed by atoms with van der Waals surface area (Å²) in [5.41, 5.74) is 2.64. The Kier molecular flexibility index (Phi) is 2.68. The van der Waals surface area contributed by atoms with Gasteiger partial charge in [0.2, 0.25) is 0 Å². The molecule has 0 saturated carbocycles. The van der Waals surface area contributed by atoms with Gasteiger partial charge < -0.3 is 5.32 Å². The van der Waals surface area contributed by atoms with Crippen molar-refractivity contribution in [2.75, 3.05) is 19.0 Å². The number of amides is 1. The van der Waals surface area contributed by atoms with Gasteiger partial charge in [0, 0.05) is 12.4 Å². The maximum Gasteiger partial charge on any atom is 0.252 e. The fourth-order valence-corrected chi connectivity index (χ4v) is 0.753. The standard InChI is InChI=1S/C7H11N3O/c1-8-6-7(11)9-10-4-2-3-5-10/h2-5,8H,6H2,1H3,(H,9,11). The molecule has 0 spiro atoms. The summed E-state index contributed by atoms with van der Waals surface area (Å²) in [5.74, 6) is -0.0521. The number of carbonyl (C=O) groups excluding carboxylic acids is 1. The van der Waals surface area contributed by atoms with Crippen LogP contribution in [0, 0.1) is 0 Å². The fraction of sp³-hybridized carbons (Fsp3) is 0.286. The van der Waals surface area contributed by atoms with Crippen LogP contribution in [0.4, 0.5) is 0 Å². The number of nitrogens with one attached hydrogen (secondary N) is 2. The lowest BCUT2D eigenvalue weighted by molar-refractivity contribution is -0.116. The Labute approximate surface area is 65.2 Å². The van der Waals surface area contributed by atoms with E-state index in [1.54, 1.807) is 24.1 Å². The molecule has 0 atom stereocenters. The number of nitrogens with zero attached hydrogens (tertiary/aromatic N) is 1. The summed E-state index contributed by atoms with van der Waals surface area (Å²) >= 11 is 0. The molecule has 0 bridgehead atoms. The average Bonchev–Trinajstić information content (AvgIpc) is 2.40. The lowest BCUT2D eigenvalue weighted by Gasteiger charge is -2.04. The third-order valence-corrected chi connectivity index (χ3v) is 1.20. The minimum Gasteiger partial charge on any atom is -0.311 e. The molecule has 0 aromatic carbocycles. The third kappa shape index (κ3) is 2.43. The van der Waals surface area contributed by atoms with Gasteiger partial charge in [0.15, 0.2) is 0 Å². The van der Waals surface area contributed by atoms with Crippen molar-refractivity contribution in [3.8, 4) is 0 Å². The number of rotatable bonds is 3. The number of likely N-dealkylation sites (N-methyl/N-ethyl adjacent to an activating group) is 1. The van der Waals surface area contributed by atoms with Crippen LogP contribution in [0.5, 0.6) is 0 Å². The molecule has 1 aromatic rings. The summed E-state index contributed by atoms with van der Waals surface area (Å²) in [6.07, 6.45) is 3.54. The van der Waals surface area contributed by atoms with E-state index < -0.39 is 0 Å². The highest BCUT2D eigenvalue weighted by Crippen LogP contribution is 1.83. The Hall–Kier alpha value is -1.29. The molecule has 60 valence electrons. The topological polar surface area (TPSA) is 46.1 Å². The van der Waals surface area contributed by atoms with Gasteiger partial charge in [-0.1, -0.05) is 0 Å². The monoisotopic (exact) mass is 153 g/mol. The summed E-state index contributed by atoms with van der Waals surface area (Å²) in [4.78, 5) is 10.9. The van der Waals surface area contributed by atoms with Crippen LogP contribution in [0.3, 0.4) is 0 Å². The molecular weight excluding hydrogens is 142 g/mol. The van der Waals surface area contributed by atoms with Crippen molar-refractivity contribution in [3.05, 3.63) is 24.5 Å². The molecule has 0 aliphatic rings. The van der Waals surface area contributed by atoms with Gasteiger partial charge in [-0.25, -0.2) is 0 Å². The highest BCUT2D eigenvalue weighted by atomic mass is 16.2. The van der Waals surface area contributed by atoms with E-state index in [0.29, 0.717) is 6.54 Å². The Bertz CT molecular complexity index is 218. The first-order valence-electron chi connectivity index (χ1n) is 3.40. The van der Waals surface area contributed by atoms with Crippen LogP contribution >= 0.6 is 0 Å². The lowest BCUT2D eigenvalue weighted by atomic mass is 10.6. The molecule has 1 heterocycles. The minimum absolute atomic E-state index is 0.0521. The largest absolute Gasteiger partial charge is 0.311 e. The van der Waals surface area contributed by atoms with Crippen LogP contribution in [0.15, 0.2) is 24.5 Å². The Morgan fingerprint density at radius 1 is 1.45 bits per heavy atom. The molecule has 4 nitrogen and oxygen atoms in total. The highest BCUT2D eigenvalue weighted by Gasteiger charge is 1.96. The molecule has 0 radical (unpaired) electrons. The molecule has 1 rings (SSSR count). The molecule has 0 aliphatic carbocycles. The first-order chi connectivity index (χ1) is 5.33. The van der Waals surface area contributed by atoms with Crippen molar-refractivity contribution >= 4 is 5.91 Å². The quantitative estimate of drug-likeness (QED) is 0.630. The smallest absolute Gasteiger partial charge is 0.252 e. The van der Waals surface area contributed by atoms with Gasteiger partial charge in [-0.2, -0.15) is 0 Å². The molecule has 0 unspecified atom stereocenters. The van der Waals surface area contributed by atoms with Crippen molar-refractivity contribution in [1.29, 1.82) is 0 Å². The van der Waals surface area contributed by atoms with E-state index in [4.69, 9.17) is 0 Å². The summed E-state index contributed by atoms with van der Waals surface area (Å²) in [6.45, 7) is 0.332. The van der Waals surface area contributed by atoms with E-state index in [2.05, 4.69) is 10.7 Å². The van der Waals surface area contributed by atoms with Crippen LogP contribution < -0.4 is 10.7 Å². The van der Waals surface area contributed by atoms with E-state index >= 15 is 0 Å². The molecule has 0 saturated heterocycles. The maximum atomic E-state index is 10.9. The molecular formula is C7H11N3O. The predicted octanol–water partition coefficient (Wildman–Crippen LogP) is -0.222. The second-order valence-electron chi connectivity index (χ2n) is 2.16. The predicted molar refractivity (Wildman–Crippen MR) is 42.7 cm³/mol. The minimum atomic E-state index is -0.0521. The van der Waals surface area contributed by atoms with E-state index in [1.165, 1.54) is 0 Å². The van der Waals surface area contributed by atoms with Crippen LogP contribution in [0.25, 0.3) is 0 Å². The number of aromatic nitrogens is 1. The lowest BCUT2D eigenvalue weighted by Crippen LogP contribution is -2.30. The Balaban J connectivity index is 2.37. The summed E-state index contributed by atoms with van der Waals surface area (Å²) < 4.78 is 1.61. The average molecular weight is 153 g/mol. The molecule has 2 N–H and O–H groups in total. The Morgan fingerprint density at radius 2 is 2.09 bits per heavy atom. The van der Waals surface area contributed by atoms with Gasteiger partial charge >= 0.3 is 0 Å². The van der Waals surface area contributed by atoms with E-state index in [0.717, 1.165) is 0 Å². The number of hydrogen-bond donors (Lipinski definition) is 2. The van der Waals surface area contributed by atoms with Gasteiger partial charge in [0.25, 0.3) is 5.91 Å². The zero-order valence-electron chi connectivity index (χ0n) is 6.37. The fourth-order valence-electron chi connectivity index (χ4n) is 0.753. The van der Waals surface area contributed by atoms with E-state index in [9.17, 15) is 4.79 Å². The summed E-state index contributed by atoms with van der Waals surface area (Å²) in [5, 5.41) is 2.75. The molecule has 4 heteroatoms. The number of hydrogen-bond acceptors (Lipinski definition) is 2. The van der Waals surface area contributed by atoms with E-state index in [-0.39, 0.29) is 5.91 Å². The summed E-state index contributed by atoms with van der Waals surface area (Å²) in [7, 11) is 1.73. The van der Waals surface area contributed by atoms with E-state index in [1.807, 2.05) is 12.1 Å². The first-order valence-corrected chi connectivity index (χ1v) is 3.40. The van der Waals surface area contributed by atoms with Crippen molar-refractivity contribution in [3.63, 3.8) is 0 Å². The second kappa shape index (κ2) is 3.78. The van der Waals surface area contributed by atoms with Crippen LogP contribution in [0.1, 0.15) is 0 Å². The van der Waals surface area contributed by atoms with Crippen molar-refractivity contribution in [1.82, 2.24) is 9.99 Å². The van der Waals surface area contributed by atoms with Crippen molar-refractivity contribution in [2.45, 2.75) is 0 Å². The molecule has 1 amide bonds. The number of carbonyl (C=O) groups is 1. The molecule has 1 aromatic heterocycles. The Morgan fingerprint density at radius 3 is 2.64 bits per heavy atom. The third-order valence-electron chi connectivity index (χ3n) is 1.20. The van der Waals surface area contributed by atoms with Gasteiger partial charge in [-0.3, -0.25) is 14.9 Å². The normalized spacial score (nSPS) is 9.55. The van der Waals surface area contributed by atoms with Crippen LogP contribution in [0.2, 0.25) is 0 Å².